The molecule has 1 aliphatic heterocycles. The molecule has 0 aliphatic carbocycles. The molecule has 7 heteroatoms. The van der Waals surface area contributed by atoms with Crippen LogP contribution in [0.5, 0.6) is 5.88 Å². The average molecular weight is 309 g/mol. The molecule has 0 fully saturated rings. The lowest BCUT2D eigenvalue weighted by atomic mass is 9.79. The summed E-state index contributed by atoms with van der Waals surface area (Å²) in [6, 6.07) is 11.1. The van der Waals surface area contributed by atoms with Gasteiger partial charge in [-0.05, 0) is 49.1 Å². The number of hydrogen-bond donors (Lipinski definition) is 2. The number of pyridine rings is 1. The maximum absolute atomic E-state index is 9.64. The van der Waals surface area contributed by atoms with Crippen LogP contribution in [-0.2, 0) is 11.3 Å². The molecule has 0 saturated carbocycles. The van der Waals surface area contributed by atoms with Crippen molar-refractivity contribution in [1.82, 2.24) is 4.98 Å². The first-order valence-corrected chi connectivity index (χ1v) is 7.34. The van der Waals surface area contributed by atoms with Gasteiger partial charge in [-0.3, -0.25) is 0 Å². The van der Waals surface area contributed by atoms with Crippen LogP contribution in [0.1, 0.15) is 25.0 Å². The maximum Gasteiger partial charge on any atom is 0.491 e. The van der Waals surface area contributed by atoms with Crippen molar-refractivity contribution in [3.63, 3.8) is 0 Å². The number of ether oxygens (including phenoxy) is 1. The van der Waals surface area contributed by atoms with Crippen LogP contribution >= 0.6 is 0 Å². The molecule has 0 unspecified atom stereocenters. The number of anilines is 2. The van der Waals surface area contributed by atoms with E-state index in [0.717, 1.165) is 16.7 Å². The van der Waals surface area contributed by atoms with Crippen LogP contribution in [0, 0.1) is 11.3 Å². The van der Waals surface area contributed by atoms with E-state index in [9.17, 15) is 5.02 Å². The van der Waals surface area contributed by atoms with Crippen LogP contribution in [-0.4, -0.2) is 23.2 Å². The molecule has 116 valence electrons. The fraction of sp³-hybridized carbons (Fsp3) is 0.250. The first-order valence-electron chi connectivity index (χ1n) is 7.34. The number of nitriles is 1. The molecule has 6 nitrogen and oxygen atoms in total. The Kier molecular flexibility index (Phi) is 4.19. The summed E-state index contributed by atoms with van der Waals surface area (Å²) in [6.07, 6.45) is -0.0662. The van der Waals surface area contributed by atoms with Crippen molar-refractivity contribution in [3.05, 3.63) is 41.5 Å². The molecule has 0 amide bonds. The van der Waals surface area contributed by atoms with E-state index in [1.807, 2.05) is 32.0 Å². The summed E-state index contributed by atoms with van der Waals surface area (Å²) in [5.41, 5.74) is 2.95. The Morgan fingerprint density at radius 1 is 1.39 bits per heavy atom. The van der Waals surface area contributed by atoms with Gasteiger partial charge in [-0.15, -0.1) is 0 Å². The average Bonchev–Trinajstić information content (AvgIpc) is 2.88. The second-order valence-corrected chi connectivity index (χ2v) is 5.53. The first kappa shape index (κ1) is 15.3. The van der Waals surface area contributed by atoms with Gasteiger partial charge in [0.1, 0.15) is 17.5 Å². The fourth-order valence-corrected chi connectivity index (χ4v) is 2.36. The Hall–Kier alpha value is -2.56. The Morgan fingerprint density at radius 3 is 2.96 bits per heavy atom. The minimum atomic E-state index is -0.849. The van der Waals surface area contributed by atoms with E-state index in [1.165, 1.54) is 0 Å². The van der Waals surface area contributed by atoms with Crippen LogP contribution in [0.3, 0.4) is 0 Å². The molecule has 2 aromatic rings. The fourth-order valence-electron chi connectivity index (χ4n) is 2.36. The summed E-state index contributed by atoms with van der Waals surface area (Å²) in [5.74, 6) is 0.895. The van der Waals surface area contributed by atoms with Crippen molar-refractivity contribution in [1.29, 1.82) is 5.26 Å². The van der Waals surface area contributed by atoms with E-state index in [2.05, 4.69) is 16.4 Å². The number of aromatic nitrogens is 1. The van der Waals surface area contributed by atoms with Gasteiger partial charge >= 0.3 is 7.12 Å². The highest BCUT2D eigenvalue weighted by molar-refractivity contribution is 6.61. The molecule has 1 aromatic carbocycles. The van der Waals surface area contributed by atoms with Crippen molar-refractivity contribution in [3.8, 4) is 11.9 Å². The van der Waals surface area contributed by atoms with Crippen molar-refractivity contribution in [2.45, 2.75) is 26.6 Å². The summed E-state index contributed by atoms with van der Waals surface area (Å²) >= 11 is 0. The third kappa shape index (κ3) is 3.28. The van der Waals surface area contributed by atoms with E-state index >= 15 is 0 Å². The SMILES string of the molecule is CC(C)Oc1nc(Nc2ccc3c(c2)COB3O)ccc1C#N. The number of nitrogens with one attached hydrogen (secondary N) is 1. The minimum absolute atomic E-state index is 0.0662. The van der Waals surface area contributed by atoms with Gasteiger partial charge in [0.25, 0.3) is 0 Å². The number of fused-ring (bicyclic) bond motifs is 1. The van der Waals surface area contributed by atoms with E-state index < -0.39 is 7.12 Å². The highest BCUT2D eigenvalue weighted by atomic mass is 16.5. The van der Waals surface area contributed by atoms with E-state index in [0.29, 0.717) is 23.9 Å². The summed E-state index contributed by atoms with van der Waals surface area (Å²) in [5, 5.41) is 21.9. The van der Waals surface area contributed by atoms with Gasteiger partial charge < -0.3 is 19.7 Å². The smallest absolute Gasteiger partial charge is 0.474 e. The highest BCUT2D eigenvalue weighted by Crippen LogP contribution is 2.23. The normalized spacial score (nSPS) is 12.9. The van der Waals surface area contributed by atoms with Gasteiger partial charge in [0.05, 0.1) is 12.7 Å². The van der Waals surface area contributed by atoms with Gasteiger partial charge in [0.15, 0.2) is 0 Å². The van der Waals surface area contributed by atoms with Gasteiger partial charge in [-0.2, -0.15) is 10.2 Å². The number of hydrogen-bond acceptors (Lipinski definition) is 6. The molecular formula is C16H16BN3O3. The van der Waals surface area contributed by atoms with E-state index in [-0.39, 0.29) is 6.10 Å². The lowest BCUT2D eigenvalue weighted by molar-refractivity contribution is 0.232. The predicted octanol–water partition coefficient (Wildman–Crippen LogP) is 1.70. The standard InChI is InChI=1S/C16H16BN3O3/c1-10(2)23-16-11(8-18)3-6-15(20-16)19-13-4-5-14-12(7-13)9-22-17(14)21/h3-7,10,21H,9H2,1-2H3,(H,19,20). The van der Waals surface area contributed by atoms with Gasteiger partial charge in [0, 0.05) is 5.69 Å². The molecule has 0 saturated heterocycles. The predicted molar refractivity (Wildman–Crippen MR) is 86.8 cm³/mol. The van der Waals surface area contributed by atoms with Crippen LogP contribution in [0.4, 0.5) is 11.5 Å². The molecule has 1 aromatic heterocycles. The van der Waals surface area contributed by atoms with E-state index in [1.54, 1.807) is 12.1 Å². The lowest BCUT2D eigenvalue weighted by Gasteiger charge is -2.12. The number of rotatable bonds is 4. The molecule has 23 heavy (non-hydrogen) atoms. The van der Waals surface area contributed by atoms with E-state index in [4.69, 9.17) is 14.7 Å². The zero-order chi connectivity index (χ0) is 16.4. The molecule has 0 spiro atoms. The molecule has 0 bridgehead atoms. The van der Waals surface area contributed by atoms with Crippen molar-refractivity contribution >= 4 is 24.1 Å². The lowest BCUT2D eigenvalue weighted by Crippen LogP contribution is -2.27. The third-order valence-corrected chi connectivity index (χ3v) is 3.41. The van der Waals surface area contributed by atoms with Crippen molar-refractivity contribution in [2.24, 2.45) is 0 Å². The first-order chi connectivity index (χ1) is 11.1. The van der Waals surface area contributed by atoms with Crippen LogP contribution in [0.2, 0.25) is 0 Å². The highest BCUT2D eigenvalue weighted by Gasteiger charge is 2.27. The Labute approximate surface area is 134 Å². The second kappa shape index (κ2) is 6.28. The topological polar surface area (TPSA) is 87.4 Å². The maximum atomic E-state index is 9.64. The largest absolute Gasteiger partial charge is 0.491 e. The second-order valence-electron chi connectivity index (χ2n) is 5.53. The van der Waals surface area contributed by atoms with Crippen molar-refractivity contribution < 1.29 is 14.4 Å². The van der Waals surface area contributed by atoms with Crippen LogP contribution in [0.25, 0.3) is 0 Å². The molecule has 2 N–H and O–H groups in total. The van der Waals surface area contributed by atoms with Gasteiger partial charge in [-0.1, -0.05) is 6.07 Å². The Balaban J connectivity index is 1.84. The monoisotopic (exact) mass is 309 g/mol. The molecule has 2 heterocycles. The quantitative estimate of drug-likeness (QED) is 0.836. The number of nitrogens with zero attached hydrogens (tertiary/aromatic N) is 2. The van der Waals surface area contributed by atoms with Crippen molar-refractivity contribution in [2.75, 3.05) is 5.32 Å². The molecule has 1 aliphatic rings. The van der Waals surface area contributed by atoms with Crippen LogP contribution < -0.4 is 15.5 Å². The third-order valence-electron chi connectivity index (χ3n) is 3.41. The zero-order valence-electron chi connectivity index (χ0n) is 12.9. The zero-order valence-corrected chi connectivity index (χ0v) is 12.9. The molecule has 3 rings (SSSR count). The Morgan fingerprint density at radius 2 is 2.22 bits per heavy atom. The minimum Gasteiger partial charge on any atom is -0.474 e. The summed E-state index contributed by atoms with van der Waals surface area (Å²) in [7, 11) is -0.849. The van der Waals surface area contributed by atoms with Gasteiger partial charge in [0.2, 0.25) is 5.88 Å². The molecule has 0 atom stereocenters. The Bertz CT molecular complexity index is 774. The summed E-state index contributed by atoms with van der Waals surface area (Å²) in [4.78, 5) is 4.35. The molecule has 0 radical (unpaired) electrons. The summed E-state index contributed by atoms with van der Waals surface area (Å²) < 4.78 is 10.8. The summed E-state index contributed by atoms with van der Waals surface area (Å²) in [6.45, 7) is 4.15. The van der Waals surface area contributed by atoms with Crippen LogP contribution in [0.15, 0.2) is 30.3 Å². The van der Waals surface area contributed by atoms with Gasteiger partial charge in [-0.25, -0.2) is 0 Å². The molecular weight excluding hydrogens is 293 g/mol. The number of benzene rings is 1.